The summed E-state index contributed by atoms with van der Waals surface area (Å²) in [5.41, 5.74) is 0. The van der Waals surface area contributed by atoms with E-state index in [0.29, 0.717) is 6.54 Å². The van der Waals surface area contributed by atoms with Gasteiger partial charge in [-0.3, -0.25) is 4.79 Å². The quantitative estimate of drug-likeness (QED) is 0.744. The second-order valence-corrected chi connectivity index (χ2v) is 5.79. The van der Waals surface area contributed by atoms with Crippen LogP contribution in [0, 0.1) is 0 Å². The molecule has 16 heavy (non-hydrogen) atoms. The minimum absolute atomic E-state index is 0.0627. The van der Waals surface area contributed by atoms with E-state index in [9.17, 15) is 13.2 Å². The van der Waals surface area contributed by atoms with E-state index in [-0.39, 0.29) is 6.04 Å². The summed E-state index contributed by atoms with van der Waals surface area (Å²) >= 11 is 0. The number of hydrogen-bond donors (Lipinski definition) is 2. The highest BCUT2D eigenvalue weighted by Crippen LogP contribution is 2.19. The van der Waals surface area contributed by atoms with E-state index in [4.69, 9.17) is 5.11 Å². The molecule has 2 atom stereocenters. The Morgan fingerprint density at radius 1 is 1.50 bits per heavy atom. The van der Waals surface area contributed by atoms with E-state index in [0.717, 1.165) is 19.3 Å². The zero-order valence-corrected chi connectivity index (χ0v) is 10.3. The molecule has 0 aromatic carbocycles. The standard InChI is InChI=1S/C9H18N2O4S/c1-7-5-3-4-6-11(7)16(14,15)10-8(2)9(12)13/h7-8,10H,3-6H2,1-2H3,(H,12,13)/t7?,8-/m0/s1. The van der Waals surface area contributed by atoms with Crippen LogP contribution in [0.3, 0.4) is 0 Å². The zero-order valence-electron chi connectivity index (χ0n) is 9.51. The van der Waals surface area contributed by atoms with Gasteiger partial charge in [-0.05, 0) is 26.7 Å². The fourth-order valence-corrected chi connectivity index (χ4v) is 3.40. The molecule has 2 N–H and O–H groups in total. The van der Waals surface area contributed by atoms with Crippen LogP contribution in [-0.4, -0.2) is 42.4 Å². The predicted molar refractivity (Wildman–Crippen MR) is 59.2 cm³/mol. The Morgan fingerprint density at radius 3 is 2.62 bits per heavy atom. The molecule has 1 heterocycles. The fourth-order valence-electron chi connectivity index (χ4n) is 1.77. The van der Waals surface area contributed by atoms with Gasteiger partial charge in [-0.25, -0.2) is 0 Å². The molecule has 1 fully saturated rings. The van der Waals surface area contributed by atoms with E-state index >= 15 is 0 Å². The van der Waals surface area contributed by atoms with Gasteiger partial charge in [0.25, 0.3) is 10.2 Å². The van der Waals surface area contributed by atoms with Gasteiger partial charge in [0.05, 0.1) is 0 Å². The van der Waals surface area contributed by atoms with Crippen LogP contribution in [0.1, 0.15) is 33.1 Å². The summed E-state index contributed by atoms with van der Waals surface area (Å²) in [7, 11) is -3.67. The van der Waals surface area contributed by atoms with Crippen LogP contribution in [0.15, 0.2) is 0 Å². The van der Waals surface area contributed by atoms with Crippen molar-refractivity contribution >= 4 is 16.2 Å². The average Bonchev–Trinajstić information content (AvgIpc) is 2.17. The molecule has 0 aromatic heterocycles. The molecule has 1 aliphatic heterocycles. The van der Waals surface area contributed by atoms with Crippen molar-refractivity contribution in [1.82, 2.24) is 9.03 Å². The van der Waals surface area contributed by atoms with Crippen LogP contribution in [0.25, 0.3) is 0 Å². The molecule has 1 rings (SSSR count). The first kappa shape index (κ1) is 13.4. The number of hydrogen-bond acceptors (Lipinski definition) is 3. The van der Waals surface area contributed by atoms with Gasteiger partial charge in [-0.15, -0.1) is 0 Å². The van der Waals surface area contributed by atoms with Crippen molar-refractivity contribution in [3.8, 4) is 0 Å². The lowest BCUT2D eigenvalue weighted by molar-refractivity contribution is -0.138. The third-order valence-electron chi connectivity index (χ3n) is 2.75. The predicted octanol–water partition coefficient (Wildman–Crippen LogP) is 0.168. The van der Waals surface area contributed by atoms with Crippen molar-refractivity contribution in [3.05, 3.63) is 0 Å². The highest BCUT2D eigenvalue weighted by molar-refractivity contribution is 7.87. The summed E-state index contributed by atoms with van der Waals surface area (Å²) in [5, 5.41) is 8.66. The summed E-state index contributed by atoms with van der Waals surface area (Å²) in [6.07, 6.45) is 2.66. The first-order valence-electron chi connectivity index (χ1n) is 5.36. The third-order valence-corrected chi connectivity index (χ3v) is 4.56. The lowest BCUT2D eigenvalue weighted by atomic mass is 10.1. The largest absolute Gasteiger partial charge is 0.480 e. The Balaban J connectivity index is 2.72. The van der Waals surface area contributed by atoms with Crippen molar-refractivity contribution in [1.29, 1.82) is 0 Å². The highest BCUT2D eigenvalue weighted by atomic mass is 32.2. The molecule has 1 aliphatic rings. The van der Waals surface area contributed by atoms with Crippen LogP contribution < -0.4 is 4.72 Å². The first-order chi connectivity index (χ1) is 7.34. The summed E-state index contributed by atoms with van der Waals surface area (Å²) in [4.78, 5) is 10.6. The number of carbonyl (C=O) groups is 1. The van der Waals surface area contributed by atoms with Gasteiger partial charge in [0.2, 0.25) is 0 Å². The molecule has 0 bridgehead atoms. The molecule has 0 spiro atoms. The normalized spacial score (nSPS) is 25.2. The molecular formula is C9H18N2O4S. The van der Waals surface area contributed by atoms with Gasteiger partial charge in [0.15, 0.2) is 0 Å². The molecule has 1 unspecified atom stereocenters. The molecular weight excluding hydrogens is 232 g/mol. The molecule has 94 valence electrons. The van der Waals surface area contributed by atoms with E-state index < -0.39 is 22.2 Å². The third kappa shape index (κ3) is 3.16. The lowest BCUT2D eigenvalue weighted by Gasteiger charge is -2.32. The number of nitrogens with one attached hydrogen (secondary N) is 1. The van der Waals surface area contributed by atoms with Crippen molar-refractivity contribution in [2.45, 2.75) is 45.2 Å². The minimum Gasteiger partial charge on any atom is -0.480 e. The summed E-state index contributed by atoms with van der Waals surface area (Å²) in [6.45, 7) is 3.61. The van der Waals surface area contributed by atoms with Crippen LogP contribution in [0.2, 0.25) is 0 Å². The second kappa shape index (κ2) is 5.11. The van der Waals surface area contributed by atoms with Gasteiger partial charge in [0.1, 0.15) is 6.04 Å². The number of rotatable bonds is 4. The lowest BCUT2D eigenvalue weighted by Crippen LogP contribution is -2.51. The van der Waals surface area contributed by atoms with Gasteiger partial charge < -0.3 is 5.11 Å². The van der Waals surface area contributed by atoms with Crippen LogP contribution in [-0.2, 0) is 15.0 Å². The van der Waals surface area contributed by atoms with Gasteiger partial charge in [0, 0.05) is 12.6 Å². The zero-order chi connectivity index (χ0) is 12.3. The minimum atomic E-state index is -3.67. The van der Waals surface area contributed by atoms with E-state index in [1.807, 2.05) is 6.92 Å². The second-order valence-electron chi connectivity index (χ2n) is 4.14. The Morgan fingerprint density at radius 2 is 2.12 bits per heavy atom. The Bertz CT molecular complexity index is 355. The maximum atomic E-state index is 11.9. The maximum absolute atomic E-state index is 11.9. The van der Waals surface area contributed by atoms with E-state index in [1.165, 1.54) is 11.2 Å². The number of nitrogens with zero attached hydrogens (tertiary/aromatic N) is 1. The molecule has 0 amide bonds. The monoisotopic (exact) mass is 250 g/mol. The molecule has 0 aromatic rings. The highest BCUT2D eigenvalue weighted by Gasteiger charge is 2.31. The van der Waals surface area contributed by atoms with E-state index in [1.54, 1.807) is 0 Å². The molecule has 7 heteroatoms. The number of carboxylic acids is 1. The van der Waals surface area contributed by atoms with Crippen molar-refractivity contribution < 1.29 is 18.3 Å². The summed E-state index contributed by atoms with van der Waals surface area (Å²) in [5.74, 6) is -1.17. The van der Waals surface area contributed by atoms with E-state index in [2.05, 4.69) is 4.72 Å². The topological polar surface area (TPSA) is 86.7 Å². The summed E-state index contributed by atoms with van der Waals surface area (Å²) < 4.78 is 27.2. The SMILES string of the molecule is CC1CCCCN1S(=O)(=O)N[C@@H](C)C(=O)O. The number of carboxylic acid groups (broad SMARTS) is 1. The Labute approximate surface area is 95.8 Å². The summed E-state index contributed by atoms with van der Waals surface area (Å²) in [6, 6.07) is -1.16. The molecule has 0 radical (unpaired) electrons. The molecule has 6 nitrogen and oxygen atoms in total. The Hall–Kier alpha value is -0.660. The van der Waals surface area contributed by atoms with Gasteiger partial charge >= 0.3 is 5.97 Å². The number of aliphatic carboxylic acids is 1. The number of piperidine rings is 1. The van der Waals surface area contributed by atoms with Crippen molar-refractivity contribution in [3.63, 3.8) is 0 Å². The first-order valence-corrected chi connectivity index (χ1v) is 6.80. The smallest absolute Gasteiger partial charge is 0.321 e. The van der Waals surface area contributed by atoms with Crippen molar-refractivity contribution in [2.75, 3.05) is 6.54 Å². The Kier molecular flexibility index (Phi) is 4.28. The molecule has 1 saturated heterocycles. The van der Waals surface area contributed by atoms with Crippen LogP contribution in [0.4, 0.5) is 0 Å². The van der Waals surface area contributed by atoms with Gasteiger partial charge in [-0.2, -0.15) is 17.4 Å². The fraction of sp³-hybridized carbons (Fsp3) is 0.889. The van der Waals surface area contributed by atoms with Crippen molar-refractivity contribution in [2.24, 2.45) is 0 Å². The maximum Gasteiger partial charge on any atom is 0.321 e. The van der Waals surface area contributed by atoms with Crippen LogP contribution >= 0.6 is 0 Å². The average molecular weight is 250 g/mol. The molecule has 0 saturated carbocycles. The molecule has 0 aliphatic carbocycles. The van der Waals surface area contributed by atoms with Crippen LogP contribution in [0.5, 0.6) is 0 Å². The van der Waals surface area contributed by atoms with Gasteiger partial charge in [-0.1, -0.05) is 6.42 Å².